The molecule has 162 valence electrons. The van der Waals surface area contributed by atoms with E-state index in [0.717, 1.165) is 10.6 Å². The highest BCUT2D eigenvalue weighted by molar-refractivity contribution is 7.98. The van der Waals surface area contributed by atoms with Gasteiger partial charge in [0, 0.05) is 27.5 Å². The number of benzene rings is 2. The van der Waals surface area contributed by atoms with Crippen molar-refractivity contribution in [3.05, 3.63) is 74.7 Å². The lowest BCUT2D eigenvalue weighted by Gasteiger charge is -2.11. The number of aromatic nitrogens is 1. The molecular formula is C21H19Cl2N3O3S2. The second kappa shape index (κ2) is 12.0. The van der Waals surface area contributed by atoms with Gasteiger partial charge in [-0.1, -0.05) is 35.3 Å². The van der Waals surface area contributed by atoms with E-state index in [4.69, 9.17) is 27.9 Å². The lowest BCUT2D eigenvalue weighted by Crippen LogP contribution is -2.41. The topological polar surface area (TPSA) is 80.3 Å². The summed E-state index contributed by atoms with van der Waals surface area (Å²) in [5, 5.41) is 2.91. The maximum Gasteiger partial charge on any atom is 0.270 e. The molecule has 0 saturated heterocycles. The molecule has 10 heteroatoms. The Morgan fingerprint density at radius 3 is 2.74 bits per heavy atom. The van der Waals surface area contributed by atoms with Crippen LogP contribution in [0, 0.1) is 0 Å². The van der Waals surface area contributed by atoms with Gasteiger partial charge in [0.1, 0.15) is 5.75 Å². The minimum absolute atomic E-state index is 0.186. The van der Waals surface area contributed by atoms with Crippen LogP contribution in [-0.4, -0.2) is 23.4 Å². The van der Waals surface area contributed by atoms with Gasteiger partial charge in [-0.05, 0) is 36.8 Å². The Morgan fingerprint density at radius 2 is 1.97 bits per heavy atom. The molecule has 0 aliphatic heterocycles. The van der Waals surface area contributed by atoms with Gasteiger partial charge in [-0.2, -0.15) is 0 Å². The van der Waals surface area contributed by atoms with Crippen LogP contribution >= 0.6 is 46.3 Å². The summed E-state index contributed by atoms with van der Waals surface area (Å²) in [5.74, 6) is 0.481. The third-order valence-corrected chi connectivity index (χ3v) is 6.28. The van der Waals surface area contributed by atoms with E-state index in [1.54, 1.807) is 35.8 Å². The van der Waals surface area contributed by atoms with Crippen molar-refractivity contribution in [1.29, 1.82) is 0 Å². The molecule has 0 radical (unpaired) electrons. The monoisotopic (exact) mass is 495 g/mol. The molecule has 0 saturated carbocycles. The summed E-state index contributed by atoms with van der Waals surface area (Å²) in [4.78, 5) is 29.6. The average Bonchev–Trinajstić information content (AvgIpc) is 3.29. The third kappa shape index (κ3) is 7.43. The molecule has 0 unspecified atom stereocenters. The molecular weight excluding hydrogens is 477 g/mol. The number of ether oxygens (including phenoxy) is 1. The minimum Gasteiger partial charge on any atom is -0.492 e. The van der Waals surface area contributed by atoms with Crippen molar-refractivity contribution < 1.29 is 14.3 Å². The molecule has 0 spiro atoms. The summed E-state index contributed by atoms with van der Waals surface area (Å²) in [6, 6.07) is 12.2. The zero-order valence-corrected chi connectivity index (χ0v) is 19.4. The van der Waals surface area contributed by atoms with E-state index >= 15 is 0 Å². The lowest BCUT2D eigenvalue weighted by molar-refractivity contribution is -0.122. The van der Waals surface area contributed by atoms with E-state index in [-0.39, 0.29) is 18.2 Å². The highest BCUT2D eigenvalue weighted by atomic mass is 35.5. The van der Waals surface area contributed by atoms with E-state index in [9.17, 15) is 9.59 Å². The fourth-order valence-electron chi connectivity index (χ4n) is 2.50. The molecule has 1 heterocycles. The number of hydrogen-bond donors (Lipinski definition) is 2. The van der Waals surface area contributed by atoms with E-state index in [1.807, 2.05) is 17.5 Å². The third-order valence-electron chi connectivity index (χ3n) is 4.01. The number of thioether (sulfide) groups is 1. The van der Waals surface area contributed by atoms with Crippen molar-refractivity contribution in [2.75, 3.05) is 6.61 Å². The normalized spacial score (nSPS) is 10.5. The van der Waals surface area contributed by atoms with Crippen molar-refractivity contribution in [1.82, 2.24) is 15.8 Å². The lowest BCUT2D eigenvalue weighted by atomic mass is 10.2. The van der Waals surface area contributed by atoms with Crippen LogP contribution in [0.2, 0.25) is 10.0 Å². The Balaban J connectivity index is 1.41. The van der Waals surface area contributed by atoms with Crippen LogP contribution in [0.1, 0.15) is 28.9 Å². The standard InChI is InChI=1S/C21H19Cl2N3O3S2/c22-14-7-8-18(17(23)10-14)29-9-3-6-20(27)25-26-21(28)16-4-1-2-5-19(16)31-12-15-11-30-13-24-15/h1-2,4-5,7-8,10-11,13H,3,6,9,12H2,(H,25,27)(H,26,28). The van der Waals surface area contributed by atoms with Gasteiger partial charge in [-0.15, -0.1) is 23.1 Å². The molecule has 2 amide bonds. The molecule has 0 fully saturated rings. The molecule has 0 atom stereocenters. The number of thiazole rings is 1. The number of nitrogens with one attached hydrogen (secondary N) is 2. The van der Waals surface area contributed by atoms with E-state index < -0.39 is 0 Å². The Hall–Kier alpha value is -2.26. The second-order valence-electron chi connectivity index (χ2n) is 6.29. The fraction of sp³-hybridized carbons (Fsp3) is 0.190. The predicted molar refractivity (Wildman–Crippen MR) is 125 cm³/mol. The van der Waals surface area contributed by atoms with E-state index in [2.05, 4.69) is 15.8 Å². The first-order valence-electron chi connectivity index (χ1n) is 9.29. The van der Waals surface area contributed by atoms with Crippen LogP contribution in [0.25, 0.3) is 0 Å². The fourth-order valence-corrected chi connectivity index (χ4v) is 4.58. The van der Waals surface area contributed by atoms with Gasteiger partial charge in [0.2, 0.25) is 5.91 Å². The number of hydrogen-bond acceptors (Lipinski definition) is 6. The number of nitrogens with zero attached hydrogens (tertiary/aromatic N) is 1. The molecule has 1 aromatic heterocycles. The number of rotatable bonds is 9. The predicted octanol–water partition coefficient (Wildman–Crippen LogP) is 5.36. The van der Waals surface area contributed by atoms with Gasteiger partial charge < -0.3 is 4.74 Å². The van der Waals surface area contributed by atoms with Crippen LogP contribution in [-0.2, 0) is 10.5 Å². The molecule has 31 heavy (non-hydrogen) atoms. The van der Waals surface area contributed by atoms with Gasteiger partial charge in [-0.25, -0.2) is 4.98 Å². The first-order valence-corrected chi connectivity index (χ1v) is 12.0. The van der Waals surface area contributed by atoms with Crippen LogP contribution in [0.5, 0.6) is 5.75 Å². The molecule has 0 bridgehead atoms. The Bertz CT molecular complexity index is 1030. The van der Waals surface area contributed by atoms with Gasteiger partial charge in [0.15, 0.2) is 0 Å². The molecule has 0 aliphatic rings. The number of halogens is 2. The summed E-state index contributed by atoms with van der Waals surface area (Å²) < 4.78 is 5.55. The zero-order valence-electron chi connectivity index (χ0n) is 16.3. The van der Waals surface area contributed by atoms with Crippen molar-refractivity contribution in [3.8, 4) is 5.75 Å². The smallest absolute Gasteiger partial charge is 0.270 e. The minimum atomic E-state index is -0.376. The summed E-state index contributed by atoms with van der Waals surface area (Å²) in [6.07, 6.45) is 0.645. The average molecular weight is 496 g/mol. The van der Waals surface area contributed by atoms with Gasteiger partial charge in [0.25, 0.3) is 5.91 Å². The van der Waals surface area contributed by atoms with Crippen LogP contribution in [0.3, 0.4) is 0 Å². The highest BCUT2D eigenvalue weighted by Crippen LogP contribution is 2.28. The van der Waals surface area contributed by atoms with Crippen molar-refractivity contribution in [2.24, 2.45) is 0 Å². The van der Waals surface area contributed by atoms with Crippen molar-refractivity contribution in [3.63, 3.8) is 0 Å². The Morgan fingerprint density at radius 1 is 1.13 bits per heavy atom. The summed E-state index contributed by atoms with van der Waals surface area (Å²) in [6.45, 7) is 0.304. The first-order chi connectivity index (χ1) is 15.0. The number of carbonyl (C=O) groups excluding carboxylic acids is 2. The SMILES string of the molecule is O=C(CCCOc1ccc(Cl)cc1Cl)NNC(=O)c1ccccc1SCc1cscn1. The Kier molecular flexibility index (Phi) is 9.02. The molecule has 3 aromatic rings. The van der Waals surface area contributed by atoms with Crippen LogP contribution in [0.15, 0.2) is 58.3 Å². The summed E-state index contributed by atoms with van der Waals surface area (Å²) >= 11 is 14.9. The summed E-state index contributed by atoms with van der Waals surface area (Å²) in [5.41, 5.74) is 8.13. The van der Waals surface area contributed by atoms with E-state index in [0.29, 0.717) is 40.1 Å². The van der Waals surface area contributed by atoms with Gasteiger partial charge in [0.05, 0.1) is 28.4 Å². The molecule has 2 aromatic carbocycles. The maximum absolute atomic E-state index is 12.5. The molecule has 3 rings (SSSR count). The Labute approximate surface area is 198 Å². The van der Waals surface area contributed by atoms with E-state index in [1.165, 1.54) is 23.1 Å². The van der Waals surface area contributed by atoms with Crippen molar-refractivity contribution in [2.45, 2.75) is 23.5 Å². The largest absolute Gasteiger partial charge is 0.492 e. The zero-order chi connectivity index (χ0) is 22.1. The number of carbonyl (C=O) groups is 2. The number of amides is 2. The molecule has 6 nitrogen and oxygen atoms in total. The van der Waals surface area contributed by atoms with Crippen molar-refractivity contribution >= 4 is 58.1 Å². The van der Waals surface area contributed by atoms with Gasteiger partial charge >= 0.3 is 0 Å². The number of hydrazine groups is 1. The second-order valence-corrected chi connectivity index (χ2v) is 8.87. The maximum atomic E-state index is 12.5. The quantitative estimate of drug-likeness (QED) is 0.237. The van der Waals surface area contributed by atoms with Crippen LogP contribution in [0.4, 0.5) is 0 Å². The molecule has 2 N–H and O–H groups in total. The van der Waals surface area contributed by atoms with Gasteiger partial charge in [-0.3, -0.25) is 20.4 Å². The first kappa shape index (κ1) is 23.4. The molecule has 0 aliphatic carbocycles. The highest BCUT2D eigenvalue weighted by Gasteiger charge is 2.13. The summed E-state index contributed by atoms with van der Waals surface area (Å²) in [7, 11) is 0. The van der Waals surface area contributed by atoms with Crippen LogP contribution < -0.4 is 15.6 Å².